The molecule has 1 aromatic heterocycles. The lowest BCUT2D eigenvalue weighted by molar-refractivity contribution is -0.00732. The molecule has 4 aliphatic rings. The maximum atomic E-state index is 11.4. The van der Waals surface area contributed by atoms with Crippen molar-refractivity contribution in [3.8, 4) is 0 Å². The fraction of sp³-hybridized carbons (Fsp3) is 0.714. The van der Waals surface area contributed by atoms with Gasteiger partial charge in [0.2, 0.25) is 0 Å². The smallest absolute Gasteiger partial charge is 0.290 e. The fourth-order valence-electron chi connectivity index (χ4n) is 5.12. The molecule has 18 heavy (non-hydrogen) atoms. The number of anilines is 1. The minimum Gasteiger partial charge on any atom is -0.379 e. The minimum atomic E-state index is -0.261. The van der Waals surface area contributed by atoms with E-state index in [2.05, 4.69) is 9.97 Å². The minimum absolute atomic E-state index is 0.128. The summed E-state index contributed by atoms with van der Waals surface area (Å²) in [6.45, 7) is 0. The molecule has 0 radical (unpaired) electrons. The van der Waals surface area contributed by atoms with Crippen LogP contribution in [-0.2, 0) is 5.41 Å². The summed E-state index contributed by atoms with van der Waals surface area (Å²) in [5, 5.41) is 0. The van der Waals surface area contributed by atoms with Crippen LogP contribution in [-0.4, -0.2) is 9.97 Å². The lowest BCUT2D eigenvalue weighted by Gasteiger charge is -2.56. The second kappa shape index (κ2) is 3.37. The third kappa shape index (κ3) is 1.38. The molecule has 0 atom stereocenters. The molecule has 5 rings (SSSR count). The summed E-state index contributed by atoms with van der Waals surface area (Å²) in [5.74, 6) is 2.77. The predicted octanol–water partition coefficient (Wildman–Crippen LogP) is 1.82. The van der Waals surface area contributed by atoms with Gasteiger partial charge in [0.25, 0.3) is 5.56 Å². The van der Waals surface area contributed by atoms with Crippen molar-refractivity contribution >= 4 is 5.82 Å². The van der Waals surface area contributed by atoms with E-state index in [0.717, 1.165) is 23.4 Å². The first-order chi connectivity index (χ1) is 8.64. The number of aromatic nitrogens is 2. The van der Waals surface area contributed by atoms with E-state index in [1.807, 2.05) is 6.20 Å². The Labute approximate surface area is 106 Å². The summed E-state index contributed by atoms with van der Waals surface area (Å²) in [4.78, 5) is 18.5. The first-order valence-electron chi connectivity index (χ1n) is 7.00. The molecule has 4 heteroatoms. The molecule has 0 spiro atoms. The Balaban J connectivity index is 1.79. The Kier molecular flexibility index (Phi) is 1.98. The van der Waals surface area contributed by atoms with Gasteiger partial charge in [0.05, 0.1) is 5.69 Å². The van der Waals surface area contributed by atoms with Crippen molar-refractivity contribution in [2.75, 3.05) is 5.73 Å². The van der Waals surface area contributed by atoms with Gasteiger partial charge in [-0.15, -0.1) is 0 Å². The molecule has 0 aliphatic heterocycles. The molecule has 0 saturated heterocycles. The number of aromatic amines is 1. The van der Waals surface area contributed by atoms with Crippen LogP contribution in [0.1, 0.15) is 44.2 Å². The highest BCUT2D eigenvalue weighted by Gasteiger charge is 2.52. The molecule has 96 valence electrons. The van der Waals surface area contributed by atoms with Crippen molar-refractivity contribution in [2.24, 2.45) is 17.8 Å². The van der Waals surface area contributed by atoms with Gasteiger partial charge in [0, 0.05) is 11.6 Å². The summed E-state index contributed by atoms with van der Waals surface area (Å²) in [6.07, 6.45) is 9.80. The predicted molar refractivity (Wildman–Crippen MR) is 69.1 cm³/mol. The van der Waals surface area contributed by atoms with E-state index in [4.69, 9.17) is 5.73 Å². The van der Waals surface area contributed by atoms with Crippen molar-refractivity contribution in [2.45, 2.75) is 43.9 Å². The molecule has 4 bridgehead atoms. The molecular weight excluding hydrogens is 226 g/mol. The Hall–Kier alpha value is -1.32. The first kappa shape index (κ1) is 10.6. The second-order valence-corrected chi connectivity index (χ2v) is 6.70. The molecule has 0 aromatic carbocycles. The first-order valence-corrected chi connectivity index (χ1v) is 7.00. The number of hydrogen-bond acceptors (Lipinski definition) is 3. The van der Waals surface area contributed by atoms with Gasteiger partial charge in [-0.3, -0.25) is 4.79 Å². The van der Waals surface area contributed by atoms with Crippen molar-refractivity contribution in [1.82, 2.24) is 9.97 Å². The van der Waals surface area contributed by atoms with E-state index in [0.29, 0.717) is 0 Å². The van der Waals surface area contributed by atoms with E-state index in [1.165, 1.54) is 38.5 Å². The highest BCUT2D eigenvalue weighted by Crippen LogP contribution is 2.60. The maximum absolute atomic E-state index is 11.4. The Bertz CT molecular complexity index is 513. The van der Waals surface area contributed by atoms with Crippen LogP contribution in [0.2, 0.25) is 0 Å². The van der Waals surface area contributed by atoms with Gasteiger partial charge in [0.1, 0.15) is 0 Å². The fourth-order valence-corrected chi connectivity index (χ4v) is 5.12. The number of nitrogens with two attached hydrogens (primary N) is 1. The third-order valence-corrected chi connectivity index (χ3v) is 5.40. The summed E-state index contributed by atoms with van der Waals surface area (Å²) in [7, 11) is 0. The van der Waals surface area contributed by atoms with Gasteiger partial charge < -0.3 is 10.7 Å². The molecule has 0 amide bonds. The number of H-pyrrole nitrogens is 1. The average molecular weight is 245 g/mol. The average Bonchev–Trinajstić information content (AvgIpc) is 2.31. The van der Waals surface area contributed by atoms with Crippen molar-refractivity contribution in [3.63, 3.8) is 0 Å². The lowest BCUT2D eigenvalue weighted by Crippen LogP contribution is -2.49. The van der Waals surface area contributed by atoms with Gasteiger partial charge in [-0.2, -0.15) is 0 Å². The van der Waals surface area contributed by atoms with Crippen molar-refractivity contribution in [3.05, 3.63) is 22.2 Å². The van der Waals surface area contributed by atoms with E-state index >= 15 is 0 Å². The summed E-state index contributed by atoms with van der Waals surface area (Å²) in [6, 6.07) is 0. The Morgan fingerprint density at radius 2 is 1.72 bits per heavy atom. The van der Waals surface area contributed by atoms with Crippen LogP contribution in [0.5, 0.6) is 0 Å². The Morgan fingerprint density at radius 1 is 1.17 bits per heavy atom. The van der Waals surface area contributed by atoms with E-state index < -0.39 is 0 Å². The van der Waals surface area contributed by atoms with Gasteiger partial charge in [-0.1, -0.05) is 0 Å². The zero-order chi connectivity index (χ0) is 12.3. The van der Waals surface area contributed by atoms with E-state index in [-0.39, 0.29) is 16.8 Å². The van der Waals surface area contributed by atoms with Crippen LogP contribution in [0.25, 0.3) is 0 Å². The number of nitrogens with one attached hydrogen (secondary N) is 1. The molecular formula is C14H19N3O. The number of rotatable bonds is 1. The van der Waals surface area contributed by atoms with Crippen LogP contribution in [0.3, 0.4) is 0 Å². The van der Waals surface area contributed by atoms with Gasteiger partial charge in [0.15, 0.2) is 5.82 Å². The summed E-state index contributed by atoms with van der Waals surface area (Å²) in [5.41, 5.74) is 6.68. The molecule has 4 nitrogen and oxygen atoms in total. The molecule has 0 unspecified atom stereocenters. The third-order valence-electron chi connectivity index (χ3n) is 5.40. The SMILES string of the molecule is Nc1nc(C23CC4CC(CC(C4)C2)C3)c[nH]c1=O. The van der Waals surface area contributed by atoms with Gasteiger partial charge in [-0.25, -0.2) is 4.98 Å². The highest BCUT2D eigenvalue weighted by atomic mass is 16.1. The number of hydrogen-bond donors (Lipinski definition) is 2. The highest BCUT2D eigenvalue weighted by molar-refractivity contribution is 5.29. The van der Waals surface area contributed by atoms with Gasteiger partial charge in [-0.05, 0) is 56.3 Å². The van der Waals surface area contributed by atoms with E-state index in [1.54, 1.807) is 0 Å². The molecule has 4 aliphatic carbocycles. The summed E-state index contributed by atoms with van der Waals surface area (Å²) < 4.78 is 0. The van der Waals surface area contributed by atoms with Crippen LogP contribution in [0.4, 0.5) is 5.82 Å². The molecule has 1 aromatic rings. The zero-order valence-corrected chi connectivity index (χ0v) is 10.5. The van der Waals surface area contributed by atoms with Crippen LogP contribution in [0, 0.1) is 17.8 Å². The van der Waals surface area contributed by atoms with E-state index in [9.17, 15) is 4.79 Å². The van der Waals surface area contributed by atoms with Crippen LogP contribution < -0.4 is 11.3 Å². The topological polar surface area (TPSA) is 71.8 Å². The largest absolute Gasteiger partial charge is 0.379 e. The quantitative estimate of drug-likeness (QED) is 0.792. The molecule has 3 N–H and O–H groups in total. The maximum Gasteiger partial charge on any atom is 0.290 e. The lowest BCUT2D eigenvalue weighted by atomic mass is 9.49. The standard InChI is InChI=1S/C14H19N3O/c15-12-13(18)16-7-11(17-12)14-4-8-1-9(5-14)3-10(2-8)6-14/h7-10H,1-6H2,(H2,15,17)(H,16,18). The van der Waals surface area contributed by atoms with Crippen LogP contribution in [0.15, 0.2) is 11.0 Å². The normalized spacial score (nSPS) is 41.2. The summed E-state index contributed by atoms with van der Waals surface area (Å²) >= 11 is 0. The molecule has 4 saturated carbocycles. The Morgan fingerprint density at radius 3 is 2.22 bits per heavy atom. The van der Waals surface area contributed by atoms with Gasteiger partial charge >= 0.3 is 0 Å². The van der Waals surface area contributed by atoms with Crippen molar-refractivity contribution < 1.29 is 0 Å². The zero-order valence-electron chi connectivity index (χ0n) is 10.5. The molecule has 4 fully saturated rings. The molecule has 1 heterocycles. The van der Waals surface area contributed by atoms with Crippen molar-refractivity contribution in [1.29, 1.82) is 0 Å². The number of nitrogen functional groups attached to an aromatic ring is 1. The second-order valence-electron chi connectivity index (χ2n) is 6.70. The van der Waals surface area contributed by atoms with Crippen LogP contribution >= 0.6 is 0 Å². The monoisotopic (exact) mass is 245 g/mol. The number of nitrogens with zero attached hydrogens (tertiary/aromatic N) is 1.